The van der Waals surface area contributed by atoms with Gasteiger partial charge in [0.25, 0.3) is 11.1 Å². The van der Waals surface area contributed by atoms with Gasteiger partial charge in [-0.25, -0.2) is 0 Å². The van der Waals surface area contributed by atoms with Crippen LogP contribution in [0.5, 0.6) is 11.5 Å². The summed E-state index contributed by atoms with van der Waals surface area (Å²) in [6.45, 7) is 3.76. The first-order chi connectivity index (χ1) is 18.4. The van der Waals surface area contributed by atoms with E-state index in [1.54, 1.807) is 54.6 Å². The van der Waals surface area contributed by atoms with E-state index in [0.29, 0.717) is 40.8 Å². The highest BCUT2D eigenvalue weighted by Crippen LogP contribution is 2.37. The lowest BCUT2D eigenvalue weighted by molar-refractivity contribution is -0.127. The molecular weight excluding hydrogens is 524 g/mol. The van der Waals surface area contributed by atoms with Crippen molar-refractivity contribution in [3.05, 3.63) is 106 Å². The highest BCUT2D eigenvalue weighted by Gasteiger charge is 2.36. The Hall–Kier alpha value is -4.01. The fourth-order valence-electron chi connectivity index (χ4n) is 3.78. The molecule has 1 saturated heterocycles. The van der Waals surface area contributed by atoms with E-state index in [2.05, 4.69) is 11.9 Å². The van der Waals surface area contributed by atoms with Crippen molar-refractivity contribution in [1.82, 2.24) is 4.90 Å². The zero-order chi connectivity index (χ0) is 27.1. The quantitative estimate of drug-likeness (QED) is 0.235. The van der Waals surface area contributed by atoms with E-state index in [1.807, 2.05) is 24.3 Å². The molecule has 1 fully saturated rings. The Bertz CT molecular complexity index is 1390. The Morgan fingerprint density at radius 1 is 1.11 bits per heavy atom. The molecule has 0 spiro atoms. The number of carbonyl (C=O) groups is 3. The second-order valence-electron chi connectivity index (χ2n) is 8.30. The number of benzene rings is 3. The number of imide groups is 1. The maximum Gasteiger partial charge on any atom is 0.294 e. The maximum absolute atomic E-state index is 13.0. The van der Waals surface area contributed by atoms with Crippen molar-refractivity contribution < 1.29 is 23.9 Å². The number of para-hydroxylation sites is 1. The lowest BCUT2D eigenvalue weighted by Gasteiger charge is -2.16. The summed E-state index contributed by atoms with van der Waals surface area (Å²) < 4.78 is 11.7. The smallest absolute Gasteiger partial charge is 0.294 e. The van der Waals surface area contributed by atoms with Crippen LogP contribution in [0.15, 0.2) is 84.3 Å². The van der Waals surface area contributed by atoms with Crippen molar-refractivity contribution in [2.24, 2.45) is 0 Å². The summed E-state index contributed by atoms with van der Waals surface area (Å²) in [4.78, 5) is 39.1. The topological polar surface area (TPSA) is 84.9 Å². The van der Waals surface area contributed by atoms with Gasteiger partial charge in [-0.05, 0) is 71.8 Å². The molecule has 4 rings (SSSR count). The van der Waals surface area contributed by atoms with E-state index >= 15 is 0 Å². The molecule has 0 aromatic heterocycles. The minimum Gasteiger partial charge on any atom is -0.493 e. The average molecular weight is 549 g/mol. The molecule has 1 heterocycles. The van der Waals surface area contributed by atoms with E-state index in [1.165, 1.54) is 7.11 Å². The molecule has 0 aliphatic carbocycles. The number of ether oxygens (including phenoxy) is 2. The first kappa shape index (κ1) is 27.0. The monoisotopic (exact) mass is 548 g/mol. The van der Waals surface area contributed by atoms with Gasteiger partial charge in [0.2, 0.25) is 5.91 Å². The molecule has 1 aliphatic heterocycles. The second kappa shape index (κ2) is 12.5. The molecule has 3 aromatic rings. The fraction of sp³-hybridized carbons (Fsp3) is 0.138. The summed E-state index contributed by atoms with van der Waals surface area (Å²) in [5.74, 6) is 0.0450. The molecule has 9 heteroatoms. The zero-order valence-electron chi connectivity index (χ0n) is 20.6. The summed E-state index contributed by atoms with van der Waals surface area (Å²) in [6, 6.07) is 19.8. The first-order valence-electron chi connectivity index (χ1n) is 11.7. The van der Waals surface area contributed by atoms with Crippen LogP contribution < -0.4 is 14.8 Å². The highest BCUT2D eigenvalue weighted by molar-refractivity contribution is 8.18. The van der Waals surface area contributed by atoms with E-state index in [9.17, 15) is 14.4 Å². The average Bonchev–Trinajstić information content (AvgIpc) is 3.16. The van der Waals surface area contributed by atoms with Gasteiger partial charge in [0.15, 0.2) is 11.5 Å². The molecule has 38 heavy (non-hydrogen) atoms. The molecule has 3 amide bonds. The van der Waals surface area contributed by atoms with Crippen LogP contribution in [0.25, 0.3) is 6.08 Å². The van der Waals surface area contributed by atoms with Crippen LogP contribution in [0.2, 0.25) is 5.02 Å². The molecule has 7 nitrogen and oxygen atoms in total. The van der Waals surface area contributed by atoms with Crippen LogP contribution in [-0.4, -0.2) is 35.6 Å². The molecule has 1 aliphatic rings. The Balaban J connectivity index is 1.53. The van der Waals surface area contributed by atoms with Crippen LogP contribution in [0.1, 0.15) is 16.7 Å². The third-order valence-electron chi connectivity index (χ3n) is 5.57. The summed E-state index contributed by atoms with van der Waals surface area (Å²) in [6.07, 6.45) is 3.85. The number of carbonyl (C=O) groups excluding carboxylic acids is 3. The Morgan fingerprint density at radius 2 is 1.84 bits per heavy atom. The van der Waals surface area contributed by atoms with Gasteiger partial charge in [-0.15, -0.1) is 6.58 Å². The molecule has 0 radical (unpaired) electrons. The van der Waals surface area contributed by atoms with Crippen LogP contribution >= 0.6 is 23.4 Å². The van der Waals surface area contributed by atoms with Gasteiger partial charge in [-0.2, -0.15) is 0 Å². The number of hydrogen-bond donors (Lipinski definition) is 1. The molecule has 0 saturated carbocycles. The van der Waals surface area contributed by atoms with E-state index in [4.69, 9.17) is 21.1 Å². The third kappa shape index (κ3) is 6.65. The molecule has 0 unspecified atom stereocenters. The number of hydrogen-bond acceptors (Lipinski definition) is 6. The zero-order valence-corrected chi connectivity index (χ0v) is 22.2. The normalized spacial score (nSPS) is 14.1. The molecular formula is C29H25ClN2O5S. The summed E-state index contributed by atoms with van der Waals surface area (Å²) in [7, 11) is 1.53. The SMILES string of the molecule is C=CCc1cc(/C=C2\SC(=O)N(CC(=O)Nc3ccccc3)C2=O)cc(OC)c1OCc1ccc(Cl)cc1. The number of nitrogens with one attached hydrogen (secondary N) is 1. The van der Waals surface area contributed by atoms with Gasteiger partial charge < -0.3 is 14.8 Å². The number of amides is 3. The van der Waals surface area contributed by atoms with Crippen LogP contribution in [0, 0.1) is 0 Å². The minimum atomic E-state index is -0.532. The fourth-order valence-corrected chi connectivity index (χ4v) is 4.74. The van der Waals surface area contributed by atoms with E-state index < -0.39 is 17.1 Å². The summed E-state index contributed by atoms with van der Waals surface area (Å²) >= 11 is 6.76. The van der Waals surface area contributed by atoms with Gasteiger partial charge in [0.05, 0.1) is 12.0 Å². The maximum atomic E-state index is 13.0. The number of halogens is 1. The Morgan fingerprint density at radius 3 is 2.53 bits per heavy atom. The van der Waals surface area contributed by atoms with Crippen molar-refractivity contribution in [2.45, 2.75) is 13.0 Å². The van der Waals surface area contributed by atoms with Gasteiger partial charge in [-0.1, -0.05) is 48.0 Å². The molecule has 194 valence electrons. The lowest BCUT2D eigenvalue weighted by atomic mass is 10.0. The summed E-state index contributed by atoms with van der Waals surface area (Å²) in [5, 5.41) is 2.82. The van der Waals surface area contributed by atoms with Crippen LogP contribution in [0.3, 0.4) is 0 Å². The van der Waals surface area contributed by atoms with Gasteiger partial charge >= 0.3 is 0 Å². The van der Waals surface area contributed by atoms with Gasteiger partial charge in [0.1, 0.15) is 13.2 Å². The molecule has 3 aromatic carbocycles. The second-order valence-corrected chi connectivity index (χ2v) is 9.73. The largest absolute Gasteiger partial charge is 0.493 e. The molecule has 0 atom stereocenters. The van der Waals surface area contributed by atoms with E-state index in [0.717, 1.165) is 27.8 Å². The third-order valence-corrected chi connectivity index (χ3v) is 6.72. The summed E-state index contributed by atoms with van der Waals surface area (Å²) in [5.41, 5.74) is 2.98. The Kier molecular flexibility index (Phi) is 8.89. The standard InChI is InChI=1S/C29H25ClN2O5S/c1-3-7-21-14-20(15-24(36-2)27(21)37-18-19-10-12-22(30)13-11-19)16-25-28(34)32(29(35)38-25)17-26(33)31-23-8-5-4-6-9-23/h3-6,8-16H,1,7,17-18H2,2H3,(H,31,33)/b25-16-. The lowest BCUT2D eigenvalue weighted by Crippen LogP contribution is -2.36. The predicted octanol–water partition coefficient (Wildman–Crippen LogP) is 6.33. The van der Waals surface area contributed by atoms with Crippen molar-refractivity contribution >= 4 is 52.2 Å². The molecule has 1 N–H and O–H groups in total. The van der Waals surface area contributed by atoms with Crippen molar-refractivity contribution in [1.29, 1.82) is 0 Å². The van der Waals surface area contributed by atoms with Crippen molar-refractivity contribution in [3.8, 4) is 11.5 Å². The van der Waals surface area contributed by atoms with Gasteiger partial charge in [0, 0.05) is 16.3 Å². The number of rotatable bonds is 10. The van der Waals surface area contributed by atoms with Crippen LogP contribution in [0.4, 0.5) is 10.5 Å². The van der Waals surface area contributed by atoms with E-state index in [-0.39, 0.29) is 11.4 Å². The van der Waals surface area contributed by atoms with Gasteiger partial charge in [-0.3, -0.25) is 19.3 Å². The first-order valence-corrected chi connectivity index (χ1v) is 12.9. The molecule has 0 bridgehead atoms. The van der Waals surface area contributed by atoms with Crippen molar-refractivity contribution in [3.63, 3.8) is 0 Å². The van der Waals surface area contributed by atoms with Crippen LogP contribution in [-0.2, 0) is 22.6 Å². The number of methoxy groups -OCH3 is 1. The van der Waals surface area contributed by atoms with Crippen molar-refractivity contribution in [2.75, 3.05) is 19.0 Å². The minimum absolute atomic E-state index is 0.212. The number of allylic oxidation sites excluding steroid dienone is 1. The Labute approximate surface area is 230 Å². The number of anilines is 1. The highest BCUT2D eigenvalue weighted by atomic mass is 35.5. The predicted molar refractivity (Wildman–Crippen MR) is 150 cm³/mol. The number of thioether (sulfide) groups is 1. The number of nitrogens with zero attached hydrogens (tertiary/aromatic N) is 1.